The summed E-state index contributed by atoms with van der Waals surface area (Å²) in [7, 11) is 0. The first-order valence-electron chi connectivity index (χ1n) is 3.67. The normalized spacial score (nSPS) is 11.0. The van der Waals surface area contributed by atoms with Crippen molar-refractivity contribution in [3.05, 3.63) is 0 Å². The summed E-state index contributed by atoms with van der Waals surface area (Å²) in [4.78, 5) is 16.9. The molecule has 0 fully saturated rings. The van der Waals surface area contributed by atoms with Crippen LogP contribution in [-0.4, -0.2) is 35.2 Å². The topological polar surface area (TPSA) is 95.6 Å². The molecule has 13 heavy (non-hydrogen) atoms. The maximum Gasteiger partial charge on any atom is 1.00 e. The molecule has 0 amide bonds. The van der Waals surface area contributed by atoms with E-state index in [0.717, 1.165) is 13.0 Å². The van der Waals surface area contributed by atoms with Gasteiger partial charge in [0.25, 0.3) is 0 Å². The second-order valence-electron chi connectivity index (χ2n) is 2.22. The number of nitrogens with two attached hydrogens (primary N) is 1. The number of nitrogens with one attached hydrogen (secondary N) is 1. The van der Waals surface area contributed by atoms with Crippen LogP contribution in [0.15, 0.2) is 0 Å². The number of hydrogen-bond acceptors (Lipinski definition) is 4. The Hall–Kier alpha value is 1.42. The summed E-state index contributed by atoms with van der Waals surface area (Å²) in [5.41, 5.74) is 5.24. The predicted octanol–water partition coefficient (Wildman–Crippen LogP) is -3.25. The Morgan fingerprint density at radius 1 is 1.38 bits per heavy atom. The van der Waals surface area contributed by atoms with E-state index in [1.807, 2.05) is 0 Å². The van der Waals surface area contributed by atoms with Crippen LogP contribution in [0.4, 0.5) is 0 Å². The Bertz CT molecular complexity index is 157. The Morgan fingerprint density at radius 2 is 2.00 bits per heavy atom. The van der Waals surface area contributed by atoms with E-state index in [-0.39, 0.29) is 29.6 Å². The zero-order valence-electron chi connectivity index (χ0n) is 7.77. The van der Waals surface area contributed by atoms with Crippen LogP contribution in [0.5, 0.6) is 0 Å². The summed E-state index contributed by atoms with van der Waals surface area (Å²) in [6.45, 7) is -1.82. The van der Waals surface area contributed by atoms with Gasteiger partial charge < -0.3 is 20.8 Å². The largest absolute Gasteiger partial charge is 1.00 e. The maximum absolute atomic E-state index is 10.3. The minimum Gasteiger partial charge on any atom is -0.330 e. The van der Waals surface area contributed by atoms with Gasteiger partial charge in [-0.05, 0) is 30.9 Å². The van der Waals surface area contributed by atoms with Crippen LogP contribution in [0.1, 0.15) is 6.42 Å². The second-order valence-corrected chi connectivity index (χ2v) is 6.07. The van der Waals surface area contributed by atoms with Gasteiger partial charge in [-0.3, -0.25) is 0 Å². The van der Waals surface area contributed by atoms with Crippen molar-refractivity contribution < 1.29 is 43.9 Å². The SMILES string of the molecule is NCCCNCCSP(=O)(O)O.[Na+]. The van der Waals surface area contributed by atoms with Crippen molar-refractivity contribution in [2.24, 2.45) is 5.73 Å². The van der Waals surface area contributed by atoms with E-state index < -0.39 is 6.80 Å². The molecule has 5 nitrogen and oxygen atoms in total. The third-order valence-electron chi connectivity index (χ3n) is 1.10. The fourth-order valence-corrected chi connectivity index (χ4v) is 2.05. The third kappa shape index (κ3) is 16.1. The second kappa shape index (κ2) is 9.96. The molecule has 5 N–H and O–H groups in total. The molecule has 0 radical (unpaired) electrons. The Labute approximate surface area is 104 Å². The summed E-state index contributed by atoms with van der Waals surface area (Å²) < 4.78 is 10.3. The molecular weight excluding hydrogens is 222 g/mol. The van der Waals surface area contributed by atoms with Crippen LogP contribution in [0.2, 0.25) is 0 Å². The maximum atomic E-state index is 10.3. The van der Waals surface area contributed by atoms with Gasteiger partial charge in [-0.2, -0.15) is 0 Å². The zero-order valence-corrected chi connectivity index (χ0v) is 11.5. The van der Waals surface area contributed by atoms with Crippen molar-refractivity contribution in [2.45, 2.75) is 6.42 Å². The van der Waals surface area contributed by atoms with Crippen molar-refractivity contribution in [1.82, 2.24) is 5.32 Å². The van der Waals surface area contributed by atoms with Crippen molar-refractivity contribution in [3.63, 3.8) is 0 Å². The fourth-order valence-electron chi connectivity index (χ4n) is 0.589. The molecular formula is C5H15N2NaO3PS+. The average Bonchev–Trinajstić information content (AvgIpc) is 1.94. The first-order valence-corrected chi connectivity index (χ1v) is 6.87. The van der Waals surface area contributed by atoms with E-state index in [0.29, 0.717) is 30.2 Å². The first-order chi connectivity index (χ1) is 5.56. The van der Waals surface area contributed by atoms with E-state index in [1.54, 1.807) is 0 Å². The van der Waals surface area contributed by atoms with Gasteiger partial charge in [0, 0.05) is 12.3 Å². The van der Waals surface area contributed by atoms with Gasteiger partial charge >= 0.3 is 36.4 Å². The molecule has 74 valence electrons. The van der Waals surface area contributed by atoms with Gasteiger partial charge in [-0.1, -0.05) is 0 Å². The molecule has 0 aromatic carbocycles. The van der Waals surface area contributed by atoms with Gasteiger partial charge in [-0.15, -0.1) is 0 Å². The van der Waals surface area contributed by atoms with Gasteiger partial charge in [-0.25, -0.2) is 4.57 Å². The molecule has 0 saturated heterocycles. The summed E-state index contributed by atoms with van der Waals surface area (Å²) in [6.07, 6.45) is 0.889. The molecule has 0 aliphatic heterocycles. The molecule has 8 heteroatoms. The Kier molecular flexibility index (Phi) is 12.9. The van der Waals surface area contributed by atoms with Crippen LogP contribution >= 0.6 is 18.2 Å². The van der Waals surface area contributed by atoms with Crippen molar-refractivity contribution >= 4 is 18.2 Å². The molecule has 0 heterocycles. The summed E-state index contributed by atoms with van der Waals surface area (Å²) in [5, 5.41) is 3.01. The first kappa shape index (κ1) is 16.8. The molecule has 0 unspecified atom stereocenters. The average molecular weight is 237 g/mol. The quantitative estimate of drug-likeness (QED) is 0.211. The molecule has 0 aliphatic carbocycles. The molecule has 0 aromatic rings. The zero-order chi connectivity index (χ0) is 9.45. The molecule has 0 aromatic heterocycles. The molecule has 0 aliphatic rings. The predicted molar refractivity (Wildman–Crippen MR) is 51.0 cm³/mol. The van der Waals surface area contributed by atoms with Gasteiger partial charge in [0.1, 0.15) is 0 Å². The van der Waals surface area contributed by atoms with E-state index in [9.17, 15) is 4.57 Å². The summed E-state index contributed by atoms with van der Waals surface area (Å²) in [6, 6.07) is 0. The third-order valence-corrected chi connectivity index (χ3v) is 3.38. The number of hydrogen-bond donors (Lipinski definition) is 4. The van der Waals surface area contributed by atoms with Gasteiger partial charge in [0.15, 0.2) is 0 Å². The van der Waals surface area contributed by atoms with Gasteiger partial charge in [0.2, 0.25) is 0 Å². The number of rotatable bonds is 7. The van der Waals surface area contributed by atoms with Crippen molar-refractivity contribution in [1.29, 1.82) is 0 Å². The summed E-state index contributed by atoms with van der Waals surface area (Å²) >= 11 is 0.665. The fraction of sp³-hybridized carbons (Fsp3) is 1.00. The van der Waals surface area contributed by atoms with Crippen LogP contribution in [0.25, 0.3) is 0 Å². The van der Waals surface area contributed by atoms with Gasteiger partial charge in [0.05, 0.1) is 0 Å². The molecule has 0 atom stereocenters. The summed E-state index contributed by atoms with van der Waals surface area (Å²) in [5.74, 6) is 0.425. The Balaban J connectivity index is 0. The van der Waals surface area contributed by atoms with E-state index in [4.69, 9.17) is 15.5 Å². The smallest absolute Gasteiger partial charge is 0.330 e. The minimum atomic E-state index is -3.87. The standard InChI is InChI=1S/C5H15N2O3PS.Na/c6-2-1-3-7-4-5-12-11(8,9)10;/h7H,1-6H2,(H2,8,9,10);/q;+1. The monoisotopic (exact) mass is 237 g/mol. The van der Waals surface area contributed by atoms with Crippen LogP contribution in [-0.2, 0) is 4.57 Å². The van der Waals surface area contributed by atoms with Crippen molar-refractivity contribution in [3.8, 4) is 0 Å². The van der Waals surface area contributed by atoms with Crippen LogP contribution in [0, 0.1) is 0 Å². The molecule has 0 saturated carbocycles. The molecule has 0 bridgehead atoms. The molecule has 0 spiro atoms. The van der Waals surface area contributed by atoms with E-state index >= 15 is 0 Å². The van der Waals surface area contributed by atoms with Crippen molar-refractivity contribution in [2.75, 3.05) is 25.4 Å². The van der Waals surface area contributed by atoms with E-state index in [1.165, 1.54) is 0 Å². The van der Waals surface area contributed by atoms with Crippen LogP contribution in [0.3, 0.4) is 0 Å². The minimum absolute atomic E-state index is 0. The molecule has 0 rings (SSSR count). The van der Waals surface area contributed by atoms with E-state index in [2.05, 4.69) is 5.32 Å². The Morgan fingerprint density at radius 3 is 2.46 bits per heavy atom. The van der Waals surface area contributed by atoms with Crippen LogP contribution < -0.4 is 40.6 Å².